The van der Waals surface area contributed by atoms with Crippen LogP contribution in [0.3, 0.4) is 0 Å². The number of rotatable bonds is 6. The predicted molar refractivity (Wildman–Crippen MR) is 132 cm³/mol. The summed E-state index contributed by atoms with van der Waals surface area (Å²) in [5, 5.41) is 10.0. The minimum Gasteiger partial charge on any atom is -0.479 e. The maximum Gasteiger partial charge on any atom is 0.411 e. The third-order valence-electron chi connectivity index (χ3n) is 6.26. The first-order valence-corrected chi connectivity index (χ1v) is 12.4. The van der Waals surface area contributed by atoms with E-state index in [-0.39, 0.29) is 18.6 Å². The molecule has 3 aromatic rings. The van der Waals surface area contributed by atoms with Gasteiger partial charge in [0, 0.05) is 20.9 Å². The lowest BCUT2D eigenvalue weighted by Crippen LogP contribution is -2.41. The van der Waals surface area contributed by atoms with Crippen LogP contribution in [-0.2, 0) is 9.53 Å². The Bertz CT molecular complexity index is 1190. The molecule has 0 radical (unpaired) electrons. The topological polar surface area (TPSA) is 66.8 Å². The van der Waals surface area contributed by atoms with Gasteiger partial charge in [-0.25, -0.2) is 9.59 Å². The quantitative estimate of drug-likeness (QED) is 0.356. The van der Waals surface area contributed by atoms with Gasteiger partial charge in [-0.2, -0.15) is 0 Å². The molecule has 1 fully saturated rings. The number of hydrogen-bond donors (Lipinski definition) is 1. The van der Waals surface area contributed by atoms with Crippen LogP contribution in [0.15, 0.2) is 75.7 Å². The average Bonchev–Trinajstić information content (AvgIpc) is 3.60. The summed E-state index contributed by atoms with van der Waals surface area (Å²) in [6.07, 6.45) is 0.947. The lowest BCUT2D eigenvalue weighted by atomic mass is 9.98. The SMILES string of the molecule is O=C(O)C(c1ccc(Br)c(Br)c1)N(C(=O)OCC1c2ccccc2-c2ccccc21)C1CC1. The Morgan fingerprint density at radius 2 is 1.55 bits per heavy atom. The number of carbonyl (C=O) groups excluding carboxylic acids is 1. The summed E-state index contributed by atoms with van der Waals surface area (Å²) in [5.41, 5.74) is 5.07. The van der Waals surface area contributed by atoms with Crippen LogP contribution in [-0.4, -0.2) is 34.7 Å². The number of amides is 1. The number of fused-ring (bicyclic) bond motifs is 3. The van der Waals surface area contributed by atoms with Crippen molar-refractivity contribution in [3.05, 3.63) is 92.4 Å². The van der Waals surface area contributed by atoms with E-state index in [4.69, 9.17) is 4.74 Å². The summed E-state index contributed by atoms with van der Waals surface area (Å²) in [7, 11) is 0. The van der Waals surface area contributed by atoms with Gasteiger partial charge in [0.25, 0.3) is 0 Å². The fraction of sp³-hybridized carbons (Fsp3) is 0.231. The van der Waals surface area contributed by atoms with Gasteiger partial charge in [0.1, 0.15) is 6.61 Å². The van der Waals surface area contributed by atoms with Gasteiger partial charge in [0.15, 0.2) is 6.04 Å². The molecule has 2 aliphatic carbocycles. The van der Waals surface area contributed by atoms with Crippen LogP contribution in [0, 0.1) is 0 Å². The molecule has 0 heterocycles. The summed E-state index contributed by atoms with van der Waals surface area (Å²) in [6, 6.07) is 20.3. The fourth-order valence-corrected chi connectivity index (χ4v) is 5.23. The molecular formula is C26H21Br2NO4. The van der Waals surface area contributed by atoms with E-state index in [0.29, 0.717) is 5.56 Å². The van der Waals surface area contributed by atoms with Crippen LogP contribution < -0.4 is 0 Å². The molecule has 0 spiro atoms. The van der Waals surface area contributed by atoms with E-state index in [0.717, 1.165) is 44.0 Å². The van der Waals surface area contributed by atoms with Gasteiger partial charge in [0.2, 0.25) is 0 Å². The van der Waals surface area contributed by atoms with E-state index in [1.54, 1.807) is 18.2 Å². The fourth-order valence-electron chi connectivity index (χ4n) is 4.59. The number of hydrogen-bond acceptors (Lipinski definition) is 3. The second-order valence-electron chi connectivity index (χ2n) is 8.36. The molecule has 0 aromatic heterocycles. The number of benzene rings is 3. The zero-order valence-corrected chi connectivity index (χ0v) is 20.8. The van der Waals surface area contributed by atoms with Gasteiger partial charge in [-0.05, 0) is 84.7 Å². The Hall–Kier alpha value is -2.64. The maximum absolute atomic E-state index is 13.3. The van der Waals surface area contributed by atoms with Gasteiger partial charge >= 0.3 is 12.1 Å². The van der Waals surface area contributed by atoms with Crippen LogP contribution in [0.1, 0.15) is 41.5 Å². The largest absolute Gasteiger partial charge is 0.479 e. The van der Waals surface area contributed by atoms with Crippen molar-refractivity contribution in [2.45, 2.75) is 30.8 Å². The van der Waals surface area contributed by atoms with Crippen molar-refractivity contribution in [1.82, 2.24) is 4.90 Å². The Morgan fingerprint density at radius 1 is 0.939 bits per heavy atom. The molecule has 1 unspecified atom stereocenters. The molecule has 1 atom stereocenters. The van der Waals surface area contributed by atoms with Crippen molar-refractivity contribution in [3.8, 4) is 11.1 Å². The van der Waals surface area contributed by atoms with Crippen molar-refractivity contribution in [3.63, 3.8) is 0 Å². The lowest BCUT2D eigenvalue weighted by molar-refractivity contribution is -0.143. The average molecular weight is 571 g/mol. The number of halogens is 2. The Labute approximate surface area is 208 Å². The highest BCUT2D eigenvalue weighted by Gasteiger charge is 2.43. The summed E-state index contributed by atoms with van der Waals surface area (Å²) < 4.78 is 7.36. The number of carboxylic acid groups (broad SMARTS) is 1. The number of carbonyl (C=O) groups is 2. The lowest BCUT2D eigenvalue weighted by Gasteiger charge is -2.29. The Kier molecular flexibility index (Phi) is 6.01. The van der Waals surface area contributed by atoms with Crippen LogP contribution in [0.5, 0.6) is 0 Å². The Morgan fingerprint density at radius 3 is 2.09 bits per heavy atom. The number of nitrogens with zero attached hydrogens (tertiary/aromatic N) is 1. The van der Waals surface area contributed by atoms with Crippen LogP contribution in [0.2, 0.25) is 0 Å². The van der Waals surface area contributed by atoms with Crippen molar-refractivity contribution in [1.29, 1.82) is 0 Å². The van der Waals surface area contributed by atoms with Gasteiger partial charge in [-0.3, -0.25) is 4.90 Å². The normalized spacial score (nSPS) is 15.5. The van der Waals surface area contributed by atoms with Crippen molar-refractivity contribution < 1.29 is 19.4 Å². The van der Waals surface area contributed by atoms with E-state index in [9.17, 15) is 14.7 Å². The first kappa shape index (κ1) is 22.2. The summed E-state index contributed by atoms with van der Waals surface area (Å²) in [4.78, 5) is 27.0. The van der Waals surface area contributed by atoms with E-state index >= 15 is 0 Å². The summed E-state index contributed by atoms with van der Waals surface area (Å²) in [6.45, 7) is 0.159. The highest BCUT2D eigenvalue weighted by Crippen LogP contribution is 2.45. The molecular weight excluding hydrogens is 550 g/mol. The minimum atomic E-state index is -1.11. The number of ether oxygens (including phenoxy) is 1. The number of carboxylic acids is 1. The van der Waals surface area contributed by atoms with Crippen molar-refractivity contribution in [2.75, 3.05) is 6.61 Å². The zero-order valence-electron chi connectivity index (χ0n) is 17.6. The molecule has 5 rings (SSSR count). The van der Waals surface area contributed by atoms with Crippen LogP contribution >= 0.6 is 31.9 Å². The zero-order chi connectivity index (χ0) is 23.1. The smallest absolute Gasteiger partial charge is 0.411 e. The monoisotopic (exact) mass is 569 g/mol. The highest BCUT2D eigenvalue weighted by molar-refractivity contribution is 9.13. The van der Waals surface area contributed by atoms with E-state index in [1.165, 1.54) is 4.90 Å². The molecule has 0 aliphatic heterocycles. The van der Waals surface area contributed by atoms with Gasteiger partial charge in [-0.1, -0.05) is 54.6 Å². The molecule has 7 heteroatoms. The van der Waals surface area contributed by atoms with Gasteiger partial charge < -0.3 is 9.84 Å². The number of aliphatic carboxylic acids is 1. The third kappa shape index (κ3) is 4.20. The summed E-state index contributed by atoms with van der Waals surface area (Å²) in [5.74, 6) is -1.16. The standard InChI is InChI=1S/C26H21Br2NO4/c27-22-12-9-15(13-23(22)28)24(25(30)31)29(16-10-11-16)26(32)33-14-21-19-7-3-1-5-17(19)18-6-2-4-8-20(18)21/h1-9,12-13,16,21,24H,10-11,14H2,(H,30,31). The van der Waals surface area contributed by atoms with Crippen LogP contribution in [0.4, 0.5) is 4.79 Å². The predicted octanol–water partition coefficient (Wildman–Crippen LogP) is 6.75. The molecule has 1 saturated carbocycles. The van der Waals surface area contributed by atoms with E-state index < -0.39 is 18.1 Å². The first-order valence-electron chi connectivity index (χ1n) is 10.8. The molecule has 1 N–H and O–H groups in total. The maximum atomic E-state index is 13.3. The molecule has 2 aliphatic rings. The van der Waals surface area contributed by atoms with E-state index in [2.05, 4.69) is 56.1 Å². The third-order valence-corrected chi connectivity index (χ3v) is 8.14. The first-order chi connectivity index (χ1) is 16.0. The second-order valence-corrected chi connectivity index (χ2v) is 10.1. The van der Waals surface area contributed by atoms with E-state index in [1.807, 2.05) is 24.3 Å². The van der Waals surface area contributed by atoms with Gasteiger partial charge in [0.05, 0.1) is 0 Å². The van der Waals surface area contributed by atoms with Gasteiger partial charge in [-0.15, -0.1) is 0 Å². The van der Waals surface area contributed by atoms with Crippen molar-refractivity contribution >= 4 is 43.9 Å². The molecule has 168 valence electrons. The minimum absolute atomic E-state index is 0.0764. The molecule has 1 amide bonds. The Balaban J connectivity index is 1.41. The van der Waals surface area contributed by atoms with Crippen LogP contribution in [0.25, 0.3) is 11.1 Å². The van der Waals surface area contributed by atoms with Crippen molar-refractivity contribution in [2.24, 2.45) is 0 Å². The highest BCUT2D eigenvalue weighted by atomic mass is 79.9. The summed E-state index contributed by atoms with van der Waals surface area (Å²) >= 11 is 6.85. The molecule has 0 saturated heterocycles. The molecule has 0 bridgehead atoms. The molecule has 33 heavy (non-hydrogen) atoms. The molecule has 3 aromatic carbocycles. The molecule has 5 nitrogen and oxygen atoms in total. The second kappa shape index (κ2) is 8.95.